The van der Waals surface area contributed by atoms with E-state index in [0.29, 0.717) is 42.9 Å². The average molecular weight is 723 g/mol. The lowest BCUT2D eigenvalue weighted by atomic mass is 9.81. The maximum atomic E-state index is 14.3. The zero-order valence-corrected chi connectivity index (χ0v) is 30.8. The monoisotopic (exact) mass is 722 g/mol. The number of amides is 1. The third-order valence-electron chi connectivity index (χ3n) is 9.74. The number of ether oxygens (including phenoxy) is 3. The van der Waals surface area contributed by atoms with E-state index >= 15 is 0 Å². The minimum atomic E-state index is -4.45. The lowest BCUT2D eigenvalue weighted by Crippen LogP contribution is -2.49. The number of hydrogen-bond donors (Lipinski definition) is 1. The van der Waals surface area contributed by atoms with Gasteiger partial charge in [0.25, 0.3) is 0 Å². The smallest absolute Gasteiger partial charge is 0.408 e. The summed E-state index contributed by atoms with van der Waals surface area (Å²) >= 11 is 0. The molecule has 1 amide bonds. The van der Waals surface area contributed by atoms with Gasteiger partial charge < -0.3 is 29.0 Å². The first-order chi connectivity index (χ1) is 24.7. The van der Waals surface area contributed by atoms with Crippen LogP contribution < -0.4 is 10.2 Å². The molecule has 280 valence electrons. The topological polar surface area (TPSA) is 94.9 Å². The Labute approximate surface area is 303 Å². The second kappa shape index (κ2) is 16.4. The predicted molar refractivity (Wildman–Crippen MR) is 195 cm³/mol. The number of carbonyl (C=O) groups is 2. The number of nitrogens with one attached hydrogen (secondary N) is 1. The van der Waals surface area contributed by atoms with E-state index < -0.39 is 36.9 Å². The number of morpholine rings is 1. The highest BCUT2D eigenvalue weighted by Gasteiger charge is 2.35. The van der Waals surface area contributed by atoms with Gasteiger partial charge in [0.1, 0.15) is 19.2 Å². The average Bonchev–Trinajstić information content (AvgIpc) is 3.40. The van der Waals surface area contributed by atoms with Crippen molar-refractivity contribution in [3.05, 3.63) is 83.7 Å². The Balaban J connectivity index is 1.48. The number of alkyl halides is 3. The van der Waals surface area contributed by atoms with Gasteiger partial charge in [-0.15, -0.1) is 0 Å². The van der Waals surface area contributed by atoms with Crippen molar-refractivity contribution in [1.82, 2.24) is 14.9 Å². The summed E-state index contributed by atoms with van der Waals surface area (Å²) in [7, 11) is 1.25. The van der Waals surface area contributed by atoms with Crippen LogP contribution in [0, 0.1) is 5.41 Å². The molecule has 1 saturated heterocycles. The van der Waals surface area contributed by atoms with E-state index in [-0.39, 0.29) is 24.4 Å². The summed E-state index contributed by atoms with van der Waals surface area (Å²) < 4.78 is 60.7. The summed E-state index contributed by atoms with van der Waals surface area (Å²) in [6.07, 6.45) is -2.45. The molecule has 3 heterocycles. The number of pyridine rings is 1. The number of nitrogens with zero attached hydrogens (tertiary/aromatic N) is 3. The van der Waals surface area contributed by atoms with Gasteiger partial charge in [0.05, 0.1) is 31.2 Å². The predicted octanol–water partition coefficient (Wildman–Crippen LogP) is 8.43. The van der Waals surface area contributed by atoms with Crippen LogP contribution in [0.15, 0.2) is 66.9 Å². The van der Waals surface area contributed by atoms with Gasteiger partial charge in [-0.2, -0.15) is 13.2 Å². The van der Waals surface area contributed by atoms with E-state index in [0.717, 1.165) is 34.3 Å². The van der Waals surface area contributed by atoms with Crippen molar-refractivity contribution in [1.29, 1.82) is 0 Å². The van der Waals surface area contributed by atoms with Gasteiger partial charge in [0.15, 0.2) is 0 Å². The van der Waals surface area contributed by atoms with Crippen LogP contribution in [-0.4, -0.2) is 66.7 Å². The van der Waals surface area contributed by atoms with Crippen LogP contribution in [0.4, 0.5) is 23.7 Å². The second-order valence-electron chi connectivity index (χ2n) is 14.5. The Morgan fingerprint density at radius 2 is 1.83 bits per heavy atom. The van der Waals surface area contributed by atoms with E-state index in [4.69, 9.17) is 14.2 Å². The highest BCUT2D eigenvalue weighted by Crippen LogP contribution is 2.43. The van der Waals surface area contributed by atoms with Crippen molar-refractivity contribution in [2.45, 2.75) is 91.3 Å². The van der Waals surface area contributed by atoms with E-state index in [1.54, 1.807) is 18.3 Å². The molecule has 0 saturated carbocycles. The van der Waals surface area contributed by atoms with Gasteiger partial charge >= 0.3 is 18.2 Å². The first-order valence-corrected chi connectivity index (χ1v) is 17.8. The summed E-state index contributed by atoms with van der Waals surface area (Å²) in [4.78, 5) is 32.1. The van der Waals surface area contributed by atoms with Gasteiger partial charge in [0.2, 0.25) is 0 Å². The number of hydrogen-bond acceptors (Lipinski definition) is 7. The number of aromatic nitrogens is 2. The van der Waals surface area contributed by atoms with Crippen LogP contribution in [0.2, 0.25) is 0 Å². The van der Waals surface area contributed by atoms with Gasteiger partial charge in [-0.25, -0.2) is 9.59 Å². The van der Waals surface area contributed by atoms with E-state index in [9.17, 15) is 22.8 Å². The molecule has 52 heavy (non-hydrogen) atoms. The fourth-order valence-electron chi connectivity index (χ4n) is 6.74. The van der Waals surface area contributed by atoms with Gasteiger partial charge in [0, 0.05) is 47.9 Å². The van der Waals surface area contributed by atoms with Crippen molar-refractivity contribution in [3.8, 4) is 11.3 Å². The Morgan fingerprint density at radius 3 is 2.50 bits per heavy atom. The highest BCUT2D eigenvalue weighted by atomic mass is 19.4. The number of carbonyl (C=O) groups excluding carboxylic acids is 2. The van der Waals surface area contributed by atoms with Crippen LogP contribution in [0.5, 0.6) is 0 Å². The molecule has 9 nitrogen and oxygen atoms in total. The Kier molecular flexibility index (Phi) is 12.2. The normalized spacial score (nSPS) is 15.9. The van der Waals surface area contributed by atoms with Crippen molar-refractivity contribution < 1.29 is 37.0 Å². The third-order valence-corrected chi connectivity index (χ3v) is 9.74. The molecule has 5 rings (SSSR count). The van der Waals surface area contributed by atoms with Crippen LogP contribution in [0.1, 0.15) is 70.2 Å². The standard InChI is InChI=1S/C40H49F3N4O5/c1-7-39(4,5)22-32-31-20-28(15-16-34(31)47(25-40(41,42)43)36(32)30-14-11-17-44-35(30)26(2)3)46-18-19-51-29(23-46)21-33(37(48)50-6)45-38(49)52-24-27-12-9-8-10-13-27/h8-17,20,26,29,33H,7,18-19,21-25H2,1-6H3,(H,45,49)/t29-,33-/m0/s1. The molecule has 1 aliphatic heterocycles. The van der Waals surface area contributed by atoms with Gasteiger partial charge in [-0.3, -0.25) is 4.98 Å². The van der Waals surface area contributed by atoms with Crippen molar-refractivity contribution in [3.63, 3.8) is 0 Å². The van der Waals surface area contributed by atoms with Crippen LogP contribution in [0.25, 0.3) is 22.2 Å². The van der Waals surface area contributed by atoms with Crippen LogP contribution in [0.3, 0.4) is 0 Å². The molecule has 1 N–H and O–H groups in total. The zero-order chi connectivity index (χ0) is 37.6. The number of halogens is 3. The number of alkyl carbamates (subject to hydrolysis) is 1. The van der Waals surface area contributed by atoms with Crippen LogP contribution in [-0.2, 0) is 38.6 Å². The molecule has 4 aromatic rings. The molecule has 0 bridgehead atoms. The van der Waals surface area contributed by atoms with Crippen molar-refractivity contribution in [2.24, 2.45) is 5.41 Å². The lowest BCUT2D eigenvalue weighted by Gasteiger charge is -2.35. The number of rotatable bonds is 13. The maximum absolute atomic E-state index is 14.3. The molecule has 2 atom stereocenters. The molecule has 0 radical (unpaired) electrons. The number of benzene rings is 2. The first kappa shape index (κ1) is 38.6. The quantitative estimate of drug-likeness (QED) is 0.139. The fourth-order valence-corrected chi connectivity index (χ4v) is 6.74. The van der Waals surface area contributed by atoms with Crippen molar-refractivity contribution >= 4 is 28.7 Å². The first-order valence-electron chi connectivity index (χ1n) is 17.8. The summed E-state index contributed by atoms with van der Waals surface area (Å²) in [5.41, 5.74) is 4.81. The molecule has 1 aliphatic rings. The summed E-state index contributed by atoms with van der Waals surface area (Å²) in [5.74, 6) is -0.632. The summed E-state index contributed by atoms with van der Waals surface area (Å²) in [5, 5.41) is 3.38. The summed E-state index contributed by atoms with van der Waals surface area (Å²) in [6, 6.07) is 17.4. The zero-order valence-electron chi connectivity index (χ0n) is 30.8. The molecular weight excluding hydrogens is 673 g/mol. The fraction of sp³-hybridized carbons (Fsp3) is 0.475. The van der Waals surface area contributed by atoms with Gasteiger partial charge in [-0.05, 0) is 59.2 Å². The van der Waals surface area contributed by atoms with E-state index in [1.165, 1.54) is 11.7 Å². The van der Waals surface area contributed by atoms with Gasteiger partial charge in [-0.1, -0.05) is 71.4 Å². The second-order valence-corrected chi connectivity index (χ2v) is 14.5. The molecule has 0 aliphatic carbocycles. The number of anilines is 1. The Morgan fingerprint density at radius 1 is 1.08 bits per heavy atom. The molecule has 1 fully saturated rings. The lowest BCUT2D eigenvalue weighted by molar-refractivity contribution is -0.144. The minimum absolute atomic E-state index is 0.00421. The number of fused-ring (bicyclic) bond motifs is 1. The number of methoxy groups -OCH3 is 1. The molecule has 12 heteroatoms. The SMILES string of the molecule is CCC(C)(C)Cc1c(-c2cccnc2C(C)C)n(CC(F)(F)F)c2ccc(N3CCO[C@@H](C[C@H](NC(=O)OCc4ccccc4)C(=O)OC)C3)cc12. The van der Waals surface area contributed by atoms with Crippen molar-refractivity contribution in [2.75, 3.05) is 31.7 Å². The van der Waals surface area contributed by atoms with E-state index in [2.05, 4.69) is 36.0 Å². The third kappa shape index (κ3) is 9.44. The maximum Gasteiger partial charge on any atom is 0.408 e. The summed E-state index contributed by atoms with van der Waals surface area (Å²) in [6.45, 7) is 10.5. The number of esters is 1. The highest BCUT2D eigenvalue weighted by molar-refractivity contribution is 5.94. The molecule has 2 aromatic heterocycles. The van der Waals surface area contributed by atoms with E-state index in [1.807, 2.05) is 62.4 Å². The minimum Gasteiger partial charge on any atom is -0.467 e. The Hall–Kier alpha value is -4.58. The molecule has 2 aromatic carbocycles. The Bertz CT molecular complexity index is 1840. The van der Waals surface area contributed by atoms with Crippen LogP contribution >= 0.6 is 0 Å². The molecular formula is C40H49F3N4O5. The largest absolute Gasteiger partial charge is 0.467 e. The molecule has 0 spiro atoms. The molecule has 0 unspecified atom stereocenters.